The Balaban J connectivity index is 1.77. The quantitative estimate of drug-likeness (QED) is 0.772. The number of phenols is 1. The number of aromatic nitrogens is 1. The summed E-state index contributed by atoms with van der Waals surface area (Å²) in [6.45, 7) is 2.08. The number of nitrogens with zero attached hydrogens (tertiary/aromatic N) is 3. The molecule has 1 N–H and O–H groups in total. The number of pyridine rings is 1. The zero-order valence-corrected chi connectivity index (χ0v) is 14.0. The molecule has 1 aliphatic heterocycles. The molecule has 2 aromatic carbocycles. The van der Waals surface area contributed by atoms with Crippen molar-refractivity contribution in [1.82, 2.24) is 4.98 Å². The van der Waals surface area contributed by atoms with Crippen molar-refractivity contribution in [2.75, 3.05) is 5.01 Å². The number of hydrazone groups is 1. The van der Waals surface area contributed by atoms with Gasteiger partial charge in [-0.05, 0) is 36.8 Å². The molecule has 1 atom stereocenters. The maximum atomic E-state index is 10.2. The summed E-state index contributed by atoms with van der Waals surface area (Å²) in [6, 6.07) is 21.7. The molecule has 0 amide bonds. The Morgan fingerprint density at radius 1 is 0.960 bits per heavy atom. The van der Waals surface area contributed by atoms with E-state index in [1.165, 1.54) is 11.1 Å². The fourth-order valence-corrected chi connectivity index (χ4v) is 3.14. The maximum Gasteiger partial charge on any atom is 0.149 e. The third-order valence-electron chi connectivity index (χ3n) is 4.47. The van der Waals surface area contributed by atoms with Crippen LogP contribution in [0.1, 0.15) is 29.2 Å². The fraction of sp³-hybridized carbons (Fsp3) is 0.143. The number of anilines is 1. The summed E-state index contributed by atoms with van der Waals surface area (Å²) >= 11 is 0. The first-order valence-corrected chi connectivity index (χ1v) is 8.35. The Bertz CT molecular complexity index is 904. The van der Waals surface area contributed by atoms with Crippen molar-refractivity contribution in [3.8, 4) is 5.75 Å². The average molecular weight is 329 g/mol. The highest BCUT2D eigenvalue weighted by atomic mass is 16.3. The number of aromatic hydroxyl groups is 1. The van der Waals surface area contributed by atoms with Crippen LogP contribution in [0.5, 0.6) is 5.75 Å². The molecule has 0 bridgehead atoms. The number of benzene rings is 2. The zero-order valence-electron chi connectivity index (χ0n) is 14.0. The van der Waals surface area contributed by atoms with Gasteiger partial charge in [-0.15, -0.1) is 0 Å². The molecule has 0 fully saturated rings. The van der Waals surface area contributed by atoms with Gasteiger partial charge in [-0.1, -0.05) is 48.0 Å². The number of rotatable bonds is 3. The van der Waals surface area contributed by atoms with E-state index in [2.05, 4.69) is 36.2 Å². The summed E-state index contributed by atoms with van der Waals surface area (Å²) in [6.07, 6.45) is 2.49. The zero-order chi connectivity index (χ0) is 17.2. The molecule has 124 valence electrons. The first kappa shape index (κ1) is 15.4. The van der Waals surface area contributed by atoms with Crippen LogP contribution in [-0.2, 0) is 0 Å². The van der Waals surface area contributed by atoms with Crippen LogP contribution in [0, 0.1) is 6.92 Å². The first-order valence-electron chi connectivity index (χ1n) is 8.35. The van der Waals surface area contributed by atoms with Crippen molar-refractivity contribution < 1.29 is 5.11 Å². The van der Waals surface area contributed by atoms with Crippen LogP contribution in [-0.4, -0.2) is 15.8 Å². The Kier molecular flexibility index (Phi) is 3.94. The van der Waals surface area contributed by atoms with Crippen LogP contribution in [0.3, 0.4) is 0 Å². The van der Waals surface area contributed by atoms with Crippen molar-refractivity contribution in [1.29, 1.82) is 0 Å². The van der Waals surface area contributed by atoms with E-state index in [-0.39, 0.29) is 11.8 Å². The number of phenolic OH excluding ortho intramolecular Hbond substituents is 1. The van der Waals surface area contributed by atoms with Gasteiger partial charge in [-0.3, -0.25) is 0 Å². The number of hydrogen-bond donors (Lipinski definition) is 1. The highest BCUT2D eigenvalue weighted by molar-refractivity contribution is 6.05. The van der Waals surface area contributed by atoms with Gasteiger partial charge >= 0.3 is 0 Å². The van der Waals surface area contributed by atoms with E-state index in [0.29, 0.717) is 0 Å². The van der Waals surface area contributed by atoms with E-state index in [1.54, 1.807) is 12.3 Å². The van der Waals surface area contributed by atoms with Gasteiger partial charge in [0.25, 0.3) is 0 Å². The number of hydrogen-bond acceptors (Lipinski definition) is 4. The second kappa shape index (κ2) is 6.40. The molecular weight excluding hydrogens is 310 g/mol. The van der Waals surface area contributed by atoms with Crippen LogP contribution >= 0.6 is 0 Å². The van der Waals surface area contributed by atoms with Crippen LogP contribution < -0.4 is 5.01 Å². The van der Waals surface area contributed by atoms with Crippen molar-refractivity contribution in [2.45, 2.75) is 19.4 Å². The van der Waals surface area contributed by atoms with Gasteiger partial charge in [0.05, 0.1) is 11.8 Å². The lowest BCUT2D eigenvalue weighted by Gasteiger charge is -2.22. The fourth-order valence-electron chi connectivity index (χ4n) is 3.14. The van der Waals surface area contributed by atoms with Crippen LogP contribution in [0.25, 0.3) is 0 Å². The topological polar surface area (TPSA) is 48.7 Å². The summed E-state index contributed by atoms with van der Waals surface area (Å²) in [5.41, 5.74) is 4.06. The van der Waals surface area contributed by atoms with Gasteiger partial charge < -0.3 is 5.11 Å². The summed E-state index contributed by atoms with van der Waals surface area (Å²) in [7, 11) is 0. The lowest BCUT2D eigenvalue weighted by atomic mass is 9.97. The summed E-state index contributed by atoms with van der Waals surface area (Å²) in [5.74, 6) is 1.06. The monoisotopic (exact) mass is 329 g/mol. The van der Waals surface area contributed by atoms with Gasteiger partial charge in [-0.25, -0.2) is 9.99 Å². The smallest absolute Gasteiger partial charge is 0.149 e. The molecule has 0 aliphatic carbocycles. The minimum absolute atomic E-state index is 0.0603. The third kappa shape index (κ3) is 2.98. The van der Waals surface area contributed by atoms with E-state index in [1.807, 2.05) is 41.4 Å². The maximum absolute atomic E-state index is 10.2. The van der Waals surface area contributed by atoms with Crippen molar-refractivity contribution >= 4 is 11.5 Å². The van der Waals surface area contributed by atoms with Crippen molar-refractivity contribution in [3.63, 3.8) is 0 Å². The Morgan fingerprint density at radius 2 is 1.72 bits per heavy atom. The molecule has 1 aliphatic rings. The number of para-hydroxylation sites is 1. The van der Waals surface area contributed by atoms with Gasteiger partial charge in [0.15, 0.2) is 0 Å². The molecule has 2 heterocycles. The molecule has 1 aromatic heterocycles. The van der Waals surface area contributed by atoms with E-state index < -0.39 is 0 Å². The number of aryl methyl sites for hydroxylation is 1. The second-order valence-corrected chi connectivity index (χ2v) is 6.23. The van der Waals surface area contributed by atoms with Gasteiger partial charge in [0.2, 0.25) is 0 Å². The summed E-state index contributed by atoms with van der Waals surface area (Å²) < 4.78 is 0. The molecule has 3 aromatic rings. The predicted octanol–water partition coefficient (Wildman–Crippen LogP) is 4.45. The molecule has 0 radical (unpaired) electrons. The average Bonchev–Trinajstić information content (AvgIpc) is 3.08. The third-order valence-corrected chi connectivity index (χ3v) is 4.47. The minimum Gasteiger partial charge on any atom is -0.507 e. The molecule has 25 heavy (non-hydrogen) atoms. The Hall–Kier alpha value is -3.14. The van der Waals surface area contributed by atoms with Gasteiger partial charge in [-0.2, -0.15) is 5.10 Å². The lowest BCUT2D eigenvalue weighted by molar-refractivity contribution is 0.474. The largest absolute Gasteiger partial charge is 0.507 e. The summed E-state index contributed by atoms with van der Waals surface area (Å²) in [4.78, 5) is 4.46. The first-order chi connectivity index (χ1) is 12.2. The Morgan fingerprint density at radius 3 is 2.44 bits per heavy atom. The van der Waals surface area contributed by atoms with Crippen LogP contribution in [0.2, 0.25) is 0 Å². The molecule has 4 nitrogen and oxygen atoms in total. The molecule has 0 spiro atoms. The van der Waals surface area contributed by atoms with Crippen molar-refractivity contribution in [3.05, 3.63) is 89.6 Å². The minimum atomic E-state index is 0.0603. The SMILES string of the molecule is Cc1ccc(C2CC(c3ccccc3O)=NN2c2ccccn2)cc1. The van der Waals surface area contributed by atoms with E-state index in [0.717, 1.165) is 23.5 Å². The highest BCUT2D eigenvalue weighted by Gasteiger charge is 2.31. The van der Waals surface area contributed by atoms with E-state index in [4.69, 9.17) is 5.10 Å². The lowest BCUT2D eigenvalue weighted by Crippen LogP contribution is -2.19. The molecule has 0 saturated heterocycles. The Labute approximate surface area is 147 Å². The van der Waals surface area contributed by atoms with Crippen LogP contribution in [0.15, 0.2) is 78.0 Å². The molecular formula is C21H19N3O. The highest BCUT2D eigenvalue weighted by Crippen LogP contribution is 2.37. The molecule has 4 rings (SSSR count). The molecule has 4 heteroatoms. The molecule has 1 unspecified atom stereocenters. The molecule has 0 saturated carbocycles. The normalized spacial score (nSPS) is 16.8. The standard InChI is InChI=1S/C21H19N3O/c1-15-9-11-16(12-10-15)19-14-18(17-6-2-3-7-20(17)25)23-24(19)21-8-4-5-13-22-21/h2-13,19,25H,14H2,1H3. The predicted molar refractivity (Wildman–Crippen MR) is 99.9 cm³/mol. The van der Waals surface area contributed by atoms with E-state index >= 15 is 0 Å². The van der Waals surface area contributed by atoms with Gasteiger partial charge in [0, 0.05) is 18.2 Å². The summed E-state index contributed by atoms with van der Waals surface area (Å²) in [5, 5.41) is 17.0. The second-order valence-electron chi connectivity index (χ2n) is 6.23. The van der Waals surface area contributed by atoms with E-state index in [9.17, 15) is 5.11 Å². The van der Waals surface area contributed by atoms with Crippen LogP contribution in [0.4, 0.5) is 5.82 Å². The van der Waals surface area contributed by atoms with Gasteiger partial charge in [0.1, 0.15) is 11.6 Å². The van der Waals surface area contributed by atoms with Crippen molar-refractivity contribution in [2.24, 2.45) is 5.10 Å².